The summed E-state index contributed by atoms with van der Waals surface area (Å²) in [6.45, 7) is 6.63. The highest BCUT2D eigenvalue weighted by atomic mass is 79.9. The Kier molecular flexibility index (Phi) is 6.85. The zero-order chi connectivity index (χ0) is 16.7. The molecule has 121 valence electrons. The fraction of sp³-hybridized carbons (Fsp3) is 0.300. The monoisotopic (exact) mass is 372 g/mol. The van der Waals surface area contributed by atoms with Gasteiger partial charge in [-0.1, -0.05) is 66.0 Å². The molecular weight excluding hydrogens is 350 g/mol. The minimum absolute atomic E-state index is 0.0716. The quantitative estimate of drug-likeness (QED) is 0.656. The number of aryl methyl sites for hydroxylation is 1. The van der Waals surface area contributed by atoms with Crippen molar-refractivity contribution in [2.45, 2.75) is 39.2 Å². The van der Waals surface area contributed by atoms with E-state index in [2.05, 4.69) is 59.4 Å². The molecule has 0 bridgehead atoms. The van der Waals surface area contributed by atoms with E-state index in [1.54, 1.807) is 12.1 Å². The van der Waals surface area contributed by atoms with E-state index < -0.39 is 0 Å². The lowest BCUT2D eigenvalue weighted by molar-refractivity contribution is 0.0951. The van der Waals surface area contributed by atoms with Gasteiger partial charge in [-0.2, -0.15) is 0 Å². The number of carbonyl (C=O) groups excluding carboxylic acids is 1. The van der Waals surface area contributed by atoms with E-state index in [1.807, 2.05) is 6.07 Å². The maximum Gasteiger partial charge on any atom is 0.251 e. The van der Waals surface area contributed by atoms with Crippen molar-refractivity contribution in [3.8, 4) is 0 Å². The Hall–Kier alpha value is -1.61. The SMILES string of the molecule is [CH2]c1ccc(C(=O)NCc2ccc(CCCCC)cc2)cc1Br. The second kappa shape index (κ2) is 8.88. The number of amides is 1. The van der Waals surface area contributed by atoms with E-state index >= 15 is 0 Å². The molecule has 0 saturated carbocycles. The number of halogens is 1. The van der Waals surface area contributed by atoms with Crippen molar-refractivity contribution in [2.75, 3.05) is 0 Å². The number of hydrogen-bond donors (Lipinski definition) is 1. The summed E-state index contributed by atoms with van der Waals surface area (Å²) in [6, 6.07) is 13.9. The van der Waals surface area contributed by atoms with Gasteiger partial charge in [0.15, 0.2) is 0 Å². The molecule has 0 aliphatic rings. The Labute approximate surface area is 147 Å². The van der Waals surface area contributed by atoms with Crippen LogP contribution in [0.3, 0.4) is 0 Å². The minimum Gasteiger partial charge on any atom is -0.348 e. The second-order valence-electron chi connectivity index (χ2n) is 5.76. The summed E-state index contributed by atoms with van der Waals surface area (Å²) in [6.07, 6.45) is 4.89. The Morgan fingerprint density at radius 2 is 1.78 bits per heavy atom. The highest BCUT2D eigenvalue weighted by molar-refractivity contribution is 9.10. The molecule has 0 aromatic heterocycles. The number of unbranched alkanes of at least 4 members (excludes halogenated alkanes) is 2. The molecule has 0 aliphatic carbocycles. The molecule has 2 nitrogen and oxygen atoms in total. The van der Waals surface area contributed by atoms with Gasteiger partial charge in [0.25, 0.3) is 5.91 Å². The summed E-state index contributed by atoms with van der Waals surface area (Å²) in [4.78, 5) is 12.2. The molecular formula is C20H23BrNO. The molecule has 0 atom stereocenters. The third-order valence-electron chi connectivity index (χ3n) is 3.86. The predicted octanol–water partition coefficient (Wildman–Crippen LogP) is 5.29. The summed E-state index contributed by atoms with van der Waals surface area (Å²) in [7, 11) is 0. The van der Waals surface area contributed by atoms with Crippen LogP contribution in [-0.2, 0) is 13.0 Å². The van der Waals surface area contributed by atoms with E-state index in [-0.39, 0.29) is 5.91 Å². The van der Waals surface area contributed by atoms with Gasteiger partial charge in [0.2, 0.25) is 0 Å². The lowest BCUT2D eigenvalue weighted by Gasteiger charge is -2.08. The van der Waals surface area contributed by atoms with Crippen LogP contribution in [0.15, 0.2) is 46.9 Å². The molecule has 2 rings (SSSR count). The minimum atomic E-state index is -0.0716. The maximum absolute atomic E-state index is 12.2. The molecule has 0 saturated heterocycles. The molecule has 1 radical (unpaired) electrons. The summed E-state index contributed by atoms with van der Waals surface area (Å²) < 4.78 is 0.849. The van der Waals surface area contributed by atoms with Crippen molar-refractivity contribution < 1.29 is 4.79 Å². The van der Waals surface area contributed by atoms with E-state index in [0.29, 0.717) is 12.1 Å². The molecule has 1 amide bonds. The molecule has 2 aromatic carbocycles. The first kappa shape index (κ1) is 17.7. The number of rotatable bonds is 7. The number of nitrogens with one attached hydrogen (secondary N) is 1. The van der Waals surface area contributed by atoms with Gasteiger partial charge in [0.1, 0.15) is 0 Å². The van der Waals surface area contributed by atoms with E-state index in [9.17, 15) is 4.79 Å². The van der Waals surface area contributed by atoms with E-state index in [4.69, 9.17) is 0 Å². The molecule has 0 heterocycles. The molecule has 0 aliphatic heterocycles. The van der Waals surface area contributed by atoms with Gasteiger partial charge in [-0.05, 0) is 48.6 Å². The Bertz CT molecular complexity index is 649. The van der Waals surface area contributed by atoms with Gasteiger partial charge in [-0.25, -0.2) is 0 Å². The van der Waals surface area contributed by atoms with Crippen molar-refractivity contribution in [3.05, 3.63) is 76.1 Å². The van der Waals surface area contributed by atoms with Crippen LogP contribution >= 0.6 is 15.9 Å². The largest absolute Gasteiger partial charge is 0.348 e. The van der Waals surface area contributed by atoms with Crippen molar-refractivity contribution >= 4 is 21.8 Å². The molecule has 3 heteroatoms. The molecule has 23 heavy (non-hydrogen) atoms. The average Bonchev–Trinajstić information content (AvgIpc) is 2.56. The molecule has 0 fully saturated rings. The number of hydrogen-bond acceptors (Lipinski definition) is 1. The van der Waals surface area contributed by atoms with Crippen LogP contribution in [0.1, 0.15) is 53.2 Å². The van der Waals surface area contributed by atoms with Crippen LogP contribution in [0, 0.1) is 6.92 Å². The normalized spacial score (nSPS) is 10.6. The van der Waals surface area contributed by atoms with E-state index in [0.717, 1.165) is 22.0 Å². The lowest BCUT2D eigenvalue weighted by atomic mass is 10.1. The molecule has 2 aromatic rings. The fourth-order valence-corrected chi connectivity index (χ4v) is 2.75. The van der Waals surface area contributed by atoms with Crippen LogP contribution in [0.5, 0.6) is 0 Å². The first-order valence-electron chi connectivity index (χ1n) is 8.07. The third-order valence-corrected chi connectivity index (χ3v) is 4.60. The zero-order valence-corrected chi connectivity index (χ0v) is 15.2. The van der Waals surface area contributed by atoms with Crippen molar-refractivity contribution in [1.82, 2.24) is 5.32 Å². The van der Waals surface area contributed by atoms with Crippen molar-refractivity contribution in [1.29, 1.82) is 0 Å². The highest BCUT2D eigenvalue weighted by Crippen LogP contribution is 2.17. The smallest absolute Gasteiger partial charge is 0.251 e. The zero-order valence-electron chi connectivity index (χ0n) is 13.6. The first-order chi connectivity index (χ1) is 11.1. The van der Waals surface area contributed by atoms with Crippen molar-refractivity contribution in [3.63, 3.8) is 0 Å². The van der Waals surface area contributed by atoms with E-state index in [1.165, 1.54) is 24.8 Å². The van der Waals surface area contributed by atoms with Crippen molar-refractivity contribution in [2.24, 2.45) is 0 Å². The highest BCUT2D eigenvalue weighted by Gasteiger charge is 2.07. The van der Waals surface area contributed by atoms with Gasteiger partial charge in [0.05, 0.1) is 0 Å². The maximum atomic E-state index is 12.2. The van der Waals surface area contributed by atoms with Crippen LogP contribution in [0.25, 0.3) is 0 Å². The summed E-state index contributed by atoms with van der Waals surface area (Å²) in [5.74, 6) is -0.0716. The fourth-order valence-electron chi connectivity index (χ4n) is 2.38. The van der Waals surface area contributed by atoms with Crippen LogP contribution in [-0.4, -0.2) is 5.91 Å². The predicted molar refractivity (Wildman–Crippen MR) is 99.4 cm³/mol. The summed E-state index contributed by atoms with van der Waals surface area (Å²) in [5.41, 5.74) is 3.99. The number of benzene rings is 2. The third kappa shape index (κ3) is 5.51. The number of carbonyl (C=O) groups is 1. The standard InChI is InChI=1S/C20H23BrNO/c1-3-4-5-6-16-8-10-17(11-9-16)14-22-20(23)18-12-7-15(2)19(21)13-18/h7-13H,2-6,14H2,1H3,(H,22,23). The van der Waals surface area contributed by atoms with Gasteiger partial charge in [-0.15, -0.1) is 0 Å². The van der Waals surface area contributed by atoms with Crippen LogP contribution in [0.2, 0.25) is 0 Å². The Morgan fingerprint density at radius 1 is 1.09 bits per heavy atom. The summed E-state index contributed by atoms with van der Waals surface area (Å²) >= 11 is 3.40. The van der Waals surface area contributed by atoms with Gasteiger partial charge >= 0.3 is 0 Å². The Balaban J connectivity index is 1.87. The molecule has 0 unspecified atom stereocenters. The van der Waals surface area contributed by atoms with Gasteiger partial charge < -0.3 is 5.32 Å². The van der Waals surface area contributed by atoms with Gasteiger partial charge in [-0.3, -0.25) is 4.79 Å². The van der Waals surface area contributed by atoms with Crippen LogP contribution < -0.4 is 5.32 Å². The molecule has 1 N–H and O–H groups in total. The Morgan fingerprint density at radius 3 is 2.43 bits per heavy atom. The average molecular weight is 373 g/mol. The summed E-state index contributed by atoms with van der Waals surface area (Å²) in [5, 5.41) is 2.95. The topological polar surface area (TPSA) is 29.1 Å². The lowest BCUT2D eigenvalue weighted by Crippen LogP contribution is -2.22. The van der Waals surface area contributed by atoms with Gasteiger partial charge in [0, 0.05) is 16.6 Å². The molecule has 0 spiro atoms. The van der Waals surface area contributed by atoms with Crippen LogP contribution in [0.4, 0.5) is 0 Å². The second-order valence-corrected chi connectivity index (χ2v) is 6.62. The first-order valence-corrected chi connectivity index (χ1v) is 8.87.